The third-order valence-electron chi connectivity index (χ3n) is 7.56. The molecule has 4 rings (SSSR count). The van der Waals surface area contributed by atoms with Gasteiger partial charge in [0.1, 0.15) is 18.3 Å². The van der Waals surface area contributed by atoms with Crippen molar-refractivity contribution in [2.45, 2.75) is 57.1 Å². The fourth-order valence-electron chi connectivity index (χ4n) is 4.95. The highest BCUT2D eigenvalue weighted by Gasteiger charge is 2.35. The van der Waals surface area contributed by atoms with Crippen molar-refractivity contribution >= 4 is 39.1 Å². The van der Waals surface area contributed by atoms with Crippen molar-refractivity contribution in [2.24, 2.45) is 0 Å². The molecule has 0 spiro atoms. The minimum absolute atomic E-state index is 0.00402. The third-order valence-corrected chi connectivity index (χ3v) is 9.58. The summed E-state index contributed by atoms with van der Waals surface area (Å²) in [6.07, 6.45) is 0.931. The van der Waals surface area contributed by atoms with Crippen LogP contribution in [0.25, 0.3) is 0 Å². The molecule has 0 radical (unpaired) electrons. The molecule has 0 aliphatic rings. The zero-order valence-corrected chi connectivity index (χ0v) is 27.9. The molecule has 0 aliphatic heterocycles. The van der Waals surface area contributed by atoms with E-state index in [4.69, 9.17) is 16.3 Å². The second-order valence-electron chi connectivity index (χ2n) is 10.9. The number of halogens is 1. The Hall–Kier alpha value is -4.34. The summed E-state index contributed by atoms with van der Waals surface area (Å²) in [4.78, 5) is 29.9. The minimum Gasteiger partial charge on any atom is -0.494 e. The predicted molar refractivity (Wildman–Crippen MR) is 182 cm³/mol. The molecule has 242 valence electrons. The lowest BCUT2D eigenvalue weighted by Crippen LogP contribution is -2.54. The van der Waals surface area contributed by atoms with Gasteiger partial charge in [0, 0.05) is 24.0 Å². The van der Waals surface area contributed by atoms with Gasteiger partial charge >= 0.3 is 0 Å². The molecule has 10 heteroatoms. The Labute approximate surface area is 277 Å². The Morgan fingerprint density at radius 3 is 2.09 bits per heavy atom. The summed E-state index contributed by atoms with van der Waals surface area (Å²) in [5.41, 5.74) is 1.88. The number of nitrogens with zero attached hydrogens (tertiary/aromatic N) is 2. The molecule has 0 aliphatic carbocycles. The molecule has 4 aromatic carbocycles. The number of para-hydroxylation sites is 1. The quantitative estimate of drug-likeness (QED) is 0.157. The van der Waals surface area contributed by atoms with Gasteiger partial charge < -0.3 is 15.0 Å². The molecule has 0 bridgehead atoms. The van der Waals surface area contributed by atoms with Gasteiger partial charge in [-0.15, -0.1) is 0 Å². The van der Waals surface area contributed by atoms with E-state index in [0.717, 1.165) is 9.87 Å². The number of carbonyl (C=O) groups excluding carboxylic acids is 2. The maximum atomic E-state index is 14.5. The van der Waals surface area contributed by atoms with Crippen LogP contribution in [0, 0.1) is 0 Å². The molecule has 46 heavy (non-hydrogen) atoms. The third kappa shape index (κ3) is 9.11. The monoisotopic (exact) mass is 661 g/mol. The van der Waals surface area contributed by atoms with Gasteiger partial charge in [-0.3, -0.25) is 13.9 Å². The van der Waals surface area contributed by atoms with Crippen molar-refractivity contribution in [1.82, 2.24) is 10.2 Å². The van der Waals surface area contributed by atoms with Crippen LogP contribution >= 0.6 is 11.6 Å². The number of anilines is 1. The Balaban J connectivity index is 1.78. The maximum absolute atomic E-state index is 14.5. The number of rotatable bonds is 15. The average molecular weight is 662 g/mol. The van der Waals surface area contributed by atoms with Gasteiger partial charge in [0.25, 0.3) is 10.0 Å². The number of benzene rings is 4. The van der Waals surface area contributed by atoms with Gasteiger partial charge in [0.15, 0.2) is 0 Å². The van der Waals surface area contributed by atoms with Crippen molar-refractivity contribution in [2.75, 3.05) is 17.5 Å². The number of hydrogen-bond donors (Lipinski definition) is 1. The van der Waals surface area contributed by atoms with Gasteiger partial charge in [0.05, 0.1) is 17.2 Å². The minimum atomic E-state index is -4.21. The van der Waals surface area contributed by atoms with E-state index in [0.29, 0.717) is 35.1 Å². The molecule has 2 unspecified atom stereocenters. The zero-order chi connectivity index (χ0) is 33.1. The van der Waals surface area contributed by atoms with Crippen LogP contribution in [0.2, 0.25) is 5.02 Å². The fraction of sp³-hybridized carbons (Fsp3) is 0.278. The van der Waals surface area contributed by atoms with Gasteiger partial charge in [-0.05, 0) is 79.9 Å². The van der Waals surface area contributed by atoms with Crippen LogP contribution in [0.4, 0.5) is 5.69 Å². The van der Waals surface area contributed by atoms with Crippen molar-refractivity contribution in [3.63, 3.8) is 0 Å². The Kier molecular flexibility index (Phi) is 12.2. The summed E-state index contributed by atoms with van der Waals surface area (Å²) in [6.45, 7) is 5.65. The van der Waals surface area contributed by atoms with Crippen molar-refractivity contribution < 1.29 is 22.7 Å². The van der Waals surface area contributed by atoms with Crippen LogP contribution in [0.5, 0.6) is 5.75 Å². The summed E-state index contributed by atoms with van der Waals surface area (Å²) >= 11 is 6.31. The molecule has 4 aromatic rings. The lowest BCUT2D eigenvalue weighted by molar-refractivity contribution is -0.140. The molecule has 8 nitrogen and oxygen atoms in total. The zero-order valence-electron chi connectivity index (χ0n) is 26.3. The predicted octanol–water partition coefficient (Wildman–Crippen LogP) is 6.49. The van der Waals surface area contributed by atoms with E-state index in [1.54, 1.807) is 60.7 Å². The first-order valence-electron chi connectivity index (χ1n) is 15.3. The summed E-state index contributed by atoms with van der Waals surface area (Å²) < 4.78 is 34.9. The van der Waals surface area contributed by atoms with Crippen LogP contribution in [0.1, 0.15) is 38.3 Å². The Bertz CT molecular complexity index is 1690. The first-order chi connectivity index (χ1) is 22.1. The first-order valence-corrected chi connectivity index (χ1v) is 17.1. The Morgan fingerprint density at radius 1 is 0.848 bits per heavy atom. The maximum Gasteiger partial charge on any atom is 0.264 e. The summed E-state index contributed by atoms with van der Waals surface area (Å²) in [5.74, 6) is -0.333. The number of sulfonamides is 1. The largest absolute Gasteiger partial charge is 0.494 e. The first kappa shape index (κ1) is 34.5. The Morgan fingerprint density at radius 2 is 1.48 bits per heavy atom. The highest BCUT2D eigenvalue weighted by molar-refractivity contribution is 7.92. The second-order valence-corrected chi connectivity index (χ2v) is 13.2. The normalized spacial score (nSPS) is 12.5. The molecular formula is C36H40ClN3O5S. The van der Waals surface area contributed by atoms with E-state index in [-0.39, 0.29) is 29.8 Å². The molecular weight excluding hydrogens is 622 g/mol. The average Bonchev–Trinajstić information content (AvgIpc) is 3.06. The number of nitrogens with one attached hydrogen (secondary N) is 1. The van der Waals surface area contributed by atoms with Crippen molar-refractivity contribution in [3.8, 4) is 5.75 Å². The lowest BCUT2D eigenvalue weighted by Gasteiger charge is -2.34. The highest BCUT2D eigenvalue weighted by Crippen LogP contribution is 2.26. The van der Waals surface area contributed by atoms with Gasteiger partial charge in [-0.2, -0.15) is 0 Å². The number of amides is 2. The molecule has 2 amide bonds. The van der Waals surface area contributed by atoms with E-state index in [2.05, 4.69) is 5.32 Å². The fourth-order valence-corrected chi connectivity index (χ4v) is 6.58. The molecule has 0 saturated carbocycles. The molecule has 0 fully saturated rings. The molecule has 0 aromatic heterocycles. The summed E-state index contributed by atoms with van der Waals surface area (Å²) in [6, 6.07) is 30.0. The topological polar surface area (TPSA) is 96.0 Å². The molecule has 1 N–H and O–H groups in total. The molecule has 0 saturated heterocycles. The summed E-state index contributed by atoms with van der Waals surface area (Å²) in [5, 5.41) is 3.52. The van der Waals surface area contributed by atoms with Crippen LogP contribution in [0.15, 0.2) is 114 Å². The van der Waals surface area contributed by atoms with Crippen LogP contribution in [-0.2, 0) is 32.6 Å². The lowest BCUT2D eigenvalue weighted by atomic mass is 10.0. The van der Waals surface area contributed by atoms with Crippen LogP contribution in [0.3, 0.4) is 0 Å². The number of carbonyl (C=O) groups is 2. The van der Waals surface area contributed by atoms with E-state index >= 15 is 0 Å². The smallest absolute Gasteiger partial charge is 0.264 e. The highest BCUT2D eigenvalue weighted by atomic mass is 35.5. The van der Waals surface area contributed by atoms with E-state index in [1.807, 2.05) is 57.2 Å². The molecule has 0 heterocycles. The van der Waals surface area contributed by atoms with E-state index < -0.39 is 28.5 Å². The van der Waals surface area contributed by atoms with Crippen molar-refractivity contribution in [1.29, 1.82) is 0 Å². The standard InChI is InChI=1S/C36H40ClN3O5S/c1-4-27(3)38-36(42)34(24-28-13-8-6-9-14-28)39(25-29-15-12-16-30(37)23-29)35(41)26-40(31-17-10-7-11-18-31)46(43,44)33-21-19-32(20-22-33)45-5-2/h6-23,27,34H,4-5,24-26H2,1-3H3,(H,38,42). The van der Waals surface area contributed by atoms with E-state index in [1.165, 1.54) is 17.0 Å². The number of ether oxygens (including phenoxy) is 1. The van der Waals surface area contributed by atoms with Crippen LogP contribution in [-0.4, -0.2) is 50.4 Å². The second kappa shape index (κ2) is 16.3. The SMILES string of the molecule is CCOc1ccc(S(=O)(=O)N(CC(=O)N(Cc2cccc(Cl)c2)C(Cc2ccccc2)C(=O)NC(C)CC)c2ccccc2)cc1. The van der Waals surface area contributed by atoms with Gasteiger partial charge in [-0.25, -0.2) is 8.42 Å². The van der Waals surface area contributed by atoms with E-state index in [9.17, 15) is 18.0 Å². The number of hydrogen-bond acceptors (Lipinski definition) is 5. The molecule has 2 atom stereocenters. The van der Waals surface area contributed by atoms with Crippen molar-refractivity contribution in [3.05, 3.63) is 125 Å². The van der Waals surface area contributed by atoms with Crippen LogP contribution < -0.4 is 14.4 Å². The van der Waals surface area contributed by atoms with Gasteiger partial charge in [0.2, 0.25) is 11.8 Å². The van der Waals surface area contributed by atoms with Gasteiger partial charge in [-0.1, -0.05) is 79.2 Å². The summed E-state index contributed by atoms with van der Waals surface area (Å²) in [7, 11) is -4.21.